The van der Waals surface area contributed by atoms with Crippen LogP contribution < -0.4 is 10.6 Å². The van der Waals surface area contributed by atoms with E-state index >= 15 is 0 Å². The first-order chi connectivity index (χ1) is 19.7. The number of nitrogens with one attached hydrogen (secondary N) is 2. The molecule has 0 radical (unpaired) electrons. The molecule has 4 N–H and O–H groups in total. The fraction of sp³-hybridized carbons (Fsp3) is 0.517. The number of aliphatic hydroxyl groups excluding tert-OH is 1. The summed E-state index contributed by atoms with van der Waals surface area (Å²) in [5.41, 5.74) is 0.364. The average molecular weight is 569 g/mol. The molecule has 0 aromatic carbocycles. The molecule has 2 aromatic rings. The lowest BCUT2D eigenvalue weighted by atomic mass is 9.85. The van der Waals surface area contributed by atoms with Crippen LogP contribution >= 0.6 is 0 Å². The van der Waals surface area contributed by atoms with Gasteiger partial charge in [-0.05, 0) is 56.9 Å². The summed E-state index contributed by atoms with van der Waals surface area (Å²) >= 11 is 0. The van der Waals surface area contributed by atoms with E-state index in [0.29, 0.717) is 18.4 Å². The number of hydrogen-bond donors (Lipinski definition) is 4. The van der Waals surface area contributed by atoms with Gasteiger partial charge in [0.1, 0.15) is 17.9 Å². The summed E-state index contributed by atoms with van der Waals surface area (Å²) < 4.78 is 11.4. The van der Waals surface area contributed by atoms with E-state index in [1.54, 1.807) is 24.5 Å². The Morgan fingerprint density at radius 1 is 1.05 bits per heavy atom. The molecular weight excluding hydrogens is 532 g/mol. The van der Waals surface area contributed by atoms with Crippen LogP contribution in [0.2, 0.25) is 0 Å². The lowest BCUT2D eigenvalue weighted by Crippen LogP contribution is -2.59. The predicted octanol–water partition coefficient (Wildman–Crippen LogP) is 1.44. The number of hydrogen-bond acceptors (Lipinski definition) is 10. The number of aromatic hydroxyl groups is 1. The lowest BCUT2D eigenvalue weighted by molar-refractivity contribution is -0.182. The van der Waals surface area contributed by atoms with Crippen LogP contribution in [0, 0.1) is 11.8 Å². The Bertz CT molecular complexity index is 1240. The van der Waals surface area contributed by atoms with Crippen molar-refractivity contribution in [3.8, 4) is 5.75 Å². The van der Waals surface area contributed by atoms with Gasteiger partial charge < -0.3 is 30.3 Å². The van der Waals surface area contributed by atoms with Crippen molar-refractivity contribution in [2.45, 2.75) is 82.8 Å². The Kier molecular flexibility index (Phi) is 9.87. The molecule has 1 saturated heterocycles. The molecule has 1 saturated carbocycles. The monoisotopic (exact) mass is 568 g/mol. The third-order valence-corrected chi connectivity index (χ3v) is 7.70. The molecule has 41 heavy (non-hydrogen) atoms. The predicted molar refractivity (Wildman–Crippen MR) is 144 cm³/mol. The number of carbonyl (C=O) groups excluding carboxylic acids is 4. The maximum Gasteiger partial charge on any atom is 0.348 e. The van der Waals surface area contributed by atoms with Gasteiger partial charge in [-0.15, -0.1) is 0 Å². The highest BCUT2D eigenvalue weighted by atomic mass is 16.6. The van der Waals surface area contributed by atoms with Crippen LogP contribution in [-0.4, -0.2) is 74.3 Å². The smallest absolute Gasteiger partial charge is 0.348 e. The molecule has 0 unspecified atom stereocenters. The molecule has 2 aromatic heterocycles. The first-order valence-corrected chi connectivity index (χ1v) is 13.9. The number of cyclic esters (lactones) is 2. The molecule has 2 aliphatic rings. The molecule has 12 nitrogen and oxygen atoms in total. The normalized spacial score (nSPS) is 28.3. The number of rotatable bonds is 5. The van der Waals surface area contributed by atoms with Crippen molar-refractivity contribution in [3.63, 3.8) is 0 Å². The molecule has 0 bridgehead atoms. The van der Waals surface area contributed by atoms with Gasteiger partial charge >= 0.3 is 11.9 Å². The van der Waals surface area contributed by atoms with Crippen LogP contribution in [0.3, 0.4) is 0 Å². The van der Waals surface area contributed by atoms with Crippen LogP contribution in [0.5, 0.6) is 5.75 Å². The van der Waals surface area contributed by atoms with Crippen LogP contribution in [0.4, 0.5) is 0 Å². The van der Waals surface area contributed by atoms with Gasteiger partial charge in [-0.2, -0.15) is 0 Å². The van der Waals surface area contributed by atoms with Crippen molar-refractivity contribution in [1.82, 2.24) is 20.6 Å². The van der Waals surface area contributed by atoms with E-state index < -0.39 is 65.8 Å². The first-order valence-electron chi connectivity index (χ1n) is 13.9. The SMILES string of the molecule is C[C@@H]1C(=O)O[C@H](C2CCCCC2)C(=O)O[C@H](C)[C@H](NC(=O)c2ncccc2O)C(=O)N[C@@H](Cc2cccnc2)[C@@H]1O. The van der Waals surface area contributed by atoms with E-state index in [0.717, 1.165) is 19.3 Å². The van der Waals surface area contributed by atoms with Crippen molar-refractivity contribution < 1.29 is 38.9 Å². The number of nitrogens with zero attached hydrogens (tertiary/aromatic N) is 2. The van der Waals surface area contributed by atoms with E-state index in [1.165, 1.54) is 32.2 Å². The zero-order chi connectivity index (χ0) is 29.5. The number of esters is 2. The summed E-state index contributed by atoms with van der Waals surface area (Å²) in [6, 6.07) is 3.75. The highest BCUT2D eigenvalue weighted by Gasteiger charge is 2.42. The van der Waals surface area contributed by atoms with Gasteiger partial charge in [0.25, 0.3) is 5.91 Å². The standard InChI is InChI=1S/C29H36N4O8/c1-16-24(35)20(14-18-8-6-12-30-15-18)32-26(36)22(33-27(37)23-21(34)11-7-13-31-23)17(2)40-29(39)25(41-28(16)38)19-9-4-3-5-10-19/h6-8,11-13,15-17,19-20,22,24-25,34-35H,3-5,9-10,14H2,1-2H3,(H,32,36)(H,33,37)/t16-,17+,20-,22-,24+,25+/m0/s1. The van der Waals surface area contributed by atoms with Crippen LogP contribution in [0.15, 0.2) is 42.9 Å². The lowest BCUT2D eigenvalue weighted by Gasteiger charge is -2.35. The first kappa shape index (κ1) is 29.9. The summed E-state index contributed by atoms with van der Waals surface area (Å²) in [7, 11) is 0. The number of ether oxygens (including phenoxy) is 2. The van der Waals surface area contributed by atoms with Crippen molar-refractivity contribution in [2.24, 2.45) is 11.8 Å². The second-order valence-corrected chi connectivity index (χ2v) is 10.7. The molecule has 4 rings (SSSR count). The van der Waals surface area contributed by atoms with E-state index in [9.17, 15) is 29.4 Å². The van der Waals surface area contributed by atoms with Gasteiger partial charge in [0, 0.05) is 24.5 Å². The fourth-order valence-corrected chi connectivity index (χ4v) is 5.29. The van der Waals surface area contributed by atoms with E-state index in [-0.39, 0.29) is 18.0 Å². The Labute approximate surface area is 237 Å². The molecule has 3 heterocycles. The van der Waals surface area contributed by atoms with Gasteiger partial charge in [-0.25, -0.2) is 9.78 Å². The molecule has 2 fully saturated rings. The van der Waals surface area contributed by atoms with E-state index in [2.05, 4.69) is 20.6 Å². The molecule has 1 aliphatic carbocycles. The van der Waals surface area contributed by atoms with Gasteiger partial charge in [0.2, 0.25) is 12.0 Å². The molecule has 0 spiro atoms. The van der Waals surface area contributed by atoms with Crippen LogP contribution in [-0.2, 0) is 30.3 Å². The molecule has 12 heteroatoms. The summed E-state index contributed by atoms with van der Waals surface area (Å²) in [5.74, 6) is -5.03. The number of aliphatic hydroxyl groups is 1. The molecular formula is C29H36N4O8. The third kappa shape index (κ3) is 7.37. The van der Waals surface area contributed by atoms with Crippen LogP contribution in [0.1, 0.15) is 62.0 Å². The summed E-state index contributed by atoms with van der Waals surface area (Å²) in [6.45, 7) is 2.90. The maximum absolute atomic E-state index is 13.7. The third-order valence-electron chi connectivity index (χ3n) is 7.70. The topological polar surface area (TPSA) is 177 Å². The van der Waals surface area contributed by atoms with Gasteiger partial charge in [0.05, 0.1) is 18.1 Å². The van der Waals surface area contributed by atoms with Crippen molar-refractivity contribution >= 4 is 23.8 Å². The van der Waals surface area contributed by atoms with Gasteiger partial charge in [0.15, 0.2) is 5.69 Å². The van der Waals surface area contributed by atoms with Gasteiger partial charge in [-0.3, -0.25) is 19.4 Å². The largest absolute Gasteiger partial charge is 0.505 e. The quantitative estimate of drug-likeness (QED) is 0.386. The fourth-order valence-electron chi connectivity index (χ4n) is 5.29. The summed E-state index contributed by atoms with van der Waals surface area (Å²) in [6.07, 6.45) is 4.77. The second kappa shape index (κ2) is 13.5. The Morgan fingerprint density at radius 2 is 1.78 bits per heavy atom. The Morgan fingerprint density at radius 3 is 2.46 bits per heavy atom. The van der Waals surface area contributed by atoms with Crippen molar-refractivity contribution in [3.05, 3.63) is 54.1 Å². The zero-order valence-electron chi connectivity index (χ0n) is 23.1. The minimum atomic E-state index is -1.44. The number of pyridine rings is 2. The summed E-state index contributed by atoms with van der Waals surface area (Å²) in [5, 5.41) is 26.6. The highest BCUT2D eigenvalue weighted by Crippen LogP contribution is 2.30. The maximum atomic E-state index is 13.7. The van der Waals surface area contributed by atoms with Crippen molar-refractivity contribution in [2.75, 3.05) is 0 Å². The van der Waals surface area contributed by atoms with E-state index in [1.807, 2.05) is 0 Å². The molecule has 1 aliphatic heterocycles. The minimum absolute atomic E-state index is 0.111. The Hall–Kier alpha value is -4.06. The van der Waals surface area contributed by atoms with E-state index in [4.69, 9.17) is 9.47 Å². The minimum Gasteiger partial charge on any atom is -0.505 e. The van der Waals surface area contributed by atoms with Crippen LogP contribution in [0.25, 0.3) is 0 Å². The second-order valence-electron chi connectivity index (χ2n) is 10.7. The van der Waals surface area contributed by atoms with Crippen molar-refractivity contribution in [1.29, 1.82) is 0 Å². The molecule has 6 atom stereocenters. The number of carbonyl (C=O) groups is 4. The zero-order valence-corrected chi connectivity index (χ0v) is 23.1. The highest BCUT2D eigenvalue weighted by molar-refractivity contribution is 5.98. The molecule has 2 amide bonds. The summed E-state index contributed by atoms with van der Waals surface area (Å²) in [4.78, 5) is 61.2. The van der Waals surface area contributed by atoms with Gasteiger partial charge in [-0.1, -0.05) is 25.3 Å². The number of aromatic nitrogens is 2. The Balaban J connectivity index is 1.68. The molecule has 220 valence electrons. The average Bonchev–Trinajstić information content (AvgIpc) is 2.97. The number of amides is 2.